The number of amides is 3. The number of alkyl halides is 3. The first kappa shape index (κ1) is 23.4. The van der Waals surface area contributed by atoms with E-state index in [2.05, 4.69) is 0 Å². The molecule has 0 spiro atoms. The molecule has 1 heterocycles. The average Bonchev–Trinajstić information content (AvgIpc) is 2.71. The first-order valence-electron chi connectivity index (χ1n) is 10.3. The Kier molecular flexibility index (Phi) is 7.13. The fourth-order valence-corrected chi connectivity index (χ4v) is 4.58. The molecule has 0 aromatic heterocycles. The van der Waals surface area contributed by atoms with Crippen LogP contribution in [0.15, 0.2) is 24.3 Å². The van der Waals surface area contributed by atoms with Gasteiger partial charge in [-0.1, -0.05) is 43.0 Å². The zero-order valence-electron chi connectivity index (χ0n) is 16.7. The number of nitrogens with one attached hydrogen (secondary N) is 1. The molecule has 3 amide bonds. The van der Waals surface area contributed by atoms with Crippen molar-refractivity contribution in [1.29, 1.82) is 0 Å². The molecule has 2 fully saturated rings. The summed E-state index contributed by atoms with van der Waals surface area (Å²) in [5.41, 5.74) is 0.832. The van der Waals surface area contributed by atoms with E-state index in [-0.39, 0.29) is 6.42 Å². The summed E-state index contributed by atoms with van der Waals surface area (Å²) >= 11 is 5.82. The Morgan fingerprint density at radius 2 is 1.77 bits per heavy atom. The van der Waals surface area contributed by atoms with Crippen molar-refractivity contribution in [2.75, 3.05) is 0 Å². The Hall–Kier alpha value is -2.29. The summed E-state index contributed by atoms with van der Waals surface area (Å²) < 4.78 is 40.7. The predicted molar refractivity (Wildman–Crippen MR) is 106 cm³/mol. The summed E-state index contributed by atoms with van der Waals surface area (Å²) in [7, 11) is 0. The quantitative estimate of drug-likeness (QED) is 0.616. The molecule has 3 rings (SSSR count). The molecule has 31 heavy (non-hydrogen) atoms. The molecule has 3 atom stereocenters. The lowest BCUT2D eigenvalue weighted by atomic mass is 9.82. The van der Waals surface area contributed by atoms with Gasteiger partial charge in [-0.15, -0.1) is 0 Å². The zero-order chi connectivity index (χ0) is 22.8. The SMILES string of the molecule is O=C(O)C1[C@@H](CCc2ccc(Cl)cc2)C(=O)N1C(=O)NC(C1CCCCC1)C(F)(F)F. The van der Waals surface area contributed by atoms with Crippen LogP contribution >= 0.6 is 11.6 Å². The van der Waals surface area contributed by atoms with Crippen LogP contribution in [0.3, 0.4) is 0 Å². The van der Waals surface area contributed by atoms with Crippen molar-refractivity contribution in [1.82, 2.24) is 10.2 Å². The third-order valence-electron chi connectivity index (χ3n) is 6.10. The molecule has 1 saturated heterocycles. The second-order valence-electron chi connectivity index (χ2n) is 8.13. The number of likely N-dealkylation sites (tertiary alicyclic amines) is 1. The fourth-order valence-electron chi connectivity index (χ4n) is 4.45. The number of benzene rings is 1. The molecule has 2 N–H and O–H groups in total. The number of imide groups is 1. The minimum absolute atomic E-state index is 0.159. The topological polar surface area (TPSA) is 86.7 Å². The van der Waals surface area contributed by atoms with E-state index in [1.54, 1.807) is 24.3 Å². The predicted octanol–water partition coefficient (Wildman–Crippen LogP) is 4.41. The molecular formula is C21H24ClF3N2O4. The largest absolute Gasteiger partial charge is 0.480 e. The van der Waals surface area contributed by atoms with Crippen molar-refractivity contribution in [2.24, 2.45) is 11.8 Å². The van der Waals surface area contributed by atoms with Crippen molar-refractivity contribution in [2.45, 2.75) is 63.2 Å². The second kappa shape index (κ2) is 9.46. The van der Waals surface area contributed by atoms with Crippen LogP contribution in [0.4, 0.5) is 18.0 Å². The molecule has 0 radical (unpaired) electrons. The maximum absolute atomic E-state index is 13.6. The van der Waals surface area contributed by atoms with Gasteiger partial charge in [0.2, 0.25) is 5.91 Å². The van der Waals surface area contributed by atoms with Gasteiger partial charge in [-0.25, -0.2) is 14.5 Å². The summed E-state index contributed by atoms with van der Waals surface area (Å²) in [4.78, 5) is 37.1. The van der Waals surface area contributed by atoms with E-state index < -0.39 is 48.0 Å². The van der Waals surface area contributed by atoms with E-state index >= 15 is 0 Å². The summed E-state index contributed by atoms with van der Waals surface area (Å²) in [6, 6.07) is 1.92. The molecule has 1 aliphatic heterocycles. The number of hydrogen-bond donors (Lipinski definition) is 2. The minimum Gasteiger partial charge on any atom is -0.480 e. The molecule has 2 aliphatic rings. The Morgan fingerprint density at radius 3 is 2.32 bits per heavy atom. The van der Waals surface area contributed by atoms with Crippen molar-refractivity contribution in [3.63, 3.8) is 0 Å². The molecule has 1 aromatic rings. The number of aryl methyl sites for hydroxylation is 1. The Labute approximate surface area is 182 Å². The lowest BCUT2D eigenvalue weighted by Crippen LogP contribution is -2.69. The third kappa shape index (κ3) is 5.31. The molecular weight excluding hydrogens is 437 g/mol. The van der Waals surface area contributed by atoms with Gasteiger partial charge in [0.25, 0.3) is 0 Å². The number of nitrogens with zero attached hydrogens (tertiary/aromatic N) is 1. The maximum Gasteiger partial charge on any atom is 0.408 e. The second-order valence-corrected chi connectivity index (χ2v) is 8.57. The number of carboxylic acids is 1. The van der Waals surface area contributed by atoms with Crippen LogP contribution in [-0.4, -0.2) is 46.2 Å². The normalized spacial score (nSPS) is 23.2. The van der Waals surface area contributed by atoms with E-state index in [1.807, 2.05) is 5.32 Å². The van der Waals surface area contributed by atoms with Gasteiger partial charge < -0.3 is 10.4 Å². The van der Waals surface area contributed by atoms with Crippen molar-refractivity contribution in [3.8, 4) is 0 Å². The van der Waals surface area contributed by atoms with Crippen molar-refractivity contribution >= 4 is 29.5 Å². The van der Waals surface area contributed by atoms with Crippen molar-refractivity contribution in [3.05, 3.63) is 34.9 Å². The molecule has 6 nitrogen and oxygen atoms in total. The van der Waals surface area contributed by atoms with Crippen LogP contribution in [0.1, 0.15) is 44.1 Å². The van der Waals surface area contributed by atoms with Crippen LogP contribution in [0.5, 0.6) is 0 Å². The van der Waals surface area contributed by atoms with Gasteiger partial charge in [-0.05, 0) is 49.3 Å². The van der Waals surface area contributed by atoms with Gasteiger partial charge in [0.15, 0.2) is 6.04 Å². The van der Waals surface area contributed by atoms with Crippen LogP contribution in [-0.2, 0) is 16.0 Å². The van der Waals surface area contributed by atoms with Crippen LogP contribution in [0.2, 0.25) is 5.02 Å². The van der Waals surface area contributed by atoms with E-state index in [0.29, 0.717) is 42.0 Å². The number of hydrogen-bond acceptors (Lipinski definition) is 3. The van der Waals surface area contributed by atoms with Gasteiger partial charge in [0.05, 0.1) is 5.92 Å². The third-order valence-corrected chi connectivity index (χ3v) is 6.35. The molecule has 1 saturated carbocycles. The van der Waals surface area contributed by atoms with Gasteiger partial charge in [-0.2, -0.15) is 13.2 Å². The Balaban J connectivity index is 1.67. The highest BCUT2D eigenvalue weighted by Crippen LogP contribution is 2.36. The first-order valence-corrected chi connectivity index (χ1v) is 10.6. The van der Waals surface area contributed by atoms with E-state index in [4.69, 9.17) is 11.6 Å². The van der Waals surface area contributed by atoms with E-state index in [9.17, 15) is 32.7 Å². The standard InChI is InChI=1S/C21H24ClF3N2O4/c22-14-9-6-12(7-10-14)8-11-15-16(19(29)30)27(18(15)28)20(31)26-17(21(23,24)25)13-4-2-1-3-5-13/h6-7,9-10,13,15-17H,1-5,8,11H2,(H,26,31)(H,29,30)/t15-,16?,17?/m1/s1. The summed E-state index contributed by atoms with van der Waals surface area (Å²) in [6.45, 7) is 0. The number of carbonyl (C=O) groups excluding carboxylic acids is 2. The molecule has 10 heteroatoms. The number of rotatable bonds is 6. The zero-order valence-corrected chi connectivity index (χ0v) is 17.5. The molecule has 170 valence electrons. The highest BCUT2D eigenvalue weighted by Gasteiger charge is 2.56. The lowest BCUT2D eigenvalue weighted by Gasteiger charge is -2.44. The van der Waals surface area contributed by atoms with Gasteiger partial charge in [-0.3, -0.25) is 4.79 Å². The van der Waals surface area contributed by atoms with Gasteiger partial charge >= 0.3 is 18.2 Å². The Bertz CT molecular complexity index is 825. The summed E-state index contributed by atoms with van der Waals surface area (Å²) in [5, 5.41) is 11.9. The number of urea groups is 1. The van der Waals surface area contributed by atoms with E-state index in [0.717, 1.165) is 12.0 Å². The summed E-state index contributed by atoms with van der Waals surface area (Å²) in [6.07, 6.45) is -1.38. The van der Waals surface area contributed by atoms with Gasteiger partial charge in [0.1, 0.15) is 6.04 Å². The highest BCUT2D eigenvalue weighted by atomic mass is 35.5. The van der Waals surface area contributed by atoms with Crippen LogP contribution in [0.25, 0.3) is 0 Å². The molecule has 2 unspecified atom stereocenters. The van der Waals surface area contributed by atoms with Gasteiger partial charge in [0, 0.05) is 5.02 Å². The van der Waals surface area contributed by atoms with Crippen molar-refractivity contribution < 1.29 is 32.7 Å². The number of carboxylic acid groups (broad SMARTS) is 1. The number of halogens is 4. The lowest BCUT2D eigenvalue weighted by molar-refractivity contribution is -0.173. The number of β-lactam (4-membered cyclic amide) rings is 1. The number of carbonyl (C=O) groups is 3. The number of aliphatic carboxylic acids is 1. The van der Waals surface area contributed by atoms with E-state index in [1.165, 1.54) is 0 Å². The Morgan fingerprint density at radius 1 is 1.16 bits per heavy atom. The summed E-state index contributed by atoms with van der Waals surface area (Å²) in [5.74, 6) is -3.95. The highest BCUT2D eigenvalue weighted by molar-refractivity contribution is 6.30. The molecule has 1 aromatic carbocycles. The smallest absolute Gasteiger partial charge is 0.408 e. The first-order chi connectivity index (χ1) is 14.6. The van der Waals surface area contributed by atoms with Crippen LogP contribution in [0, 0.1) is 11.8 Å². The fraction of sp³-hybridized carbons (Fsp3) is 0.571. The monoisotopic (exact) mass is 460 g/mol. The maximum atomic E-state index is 13.6. The molecule has 0 bridgehead atoms. The van der Waals surface area contributed by atoms with Crippen LogP contribution < -0.4 is 5.32 Å². The average molecular weight is 461 g/mol. The minimum atomic E-state index is -4.68. The molecule has 1 aliphatic carbocycles.